The van der Waals surface area contributed by atoms with Gasteiger partial charge < -0.3 is 20.3 Å². The molecule has 1 amide bonds. The van der Waals surface area contributed by atoms with Gasteiger partial charge in [0, 0.05) is 24.6 Å². The molecule has 3 aromatic carbocycles. The number of benzene rings is 3. The highest BCUT2D eigenvalue weighted by Crippen LogP contribution is 2.51. The van der Waals surface area contributed by atoms with Gasteiger partial charge in [-0.15, -0.1) is 0 Å². The Morgan fingerprint density at radius 2 is 1.91 bits per heavy atom. The SMILES string of the molecule is CCNc1ccc(C#N)cc1N=C1SC(=C2Sc3ccc(OCCC4CCNCC4)cc3N2C)C(=O)N1Cc1ccccc1. The Hall–Kier alpha value is -3.91. The summed E-state index contributed by atoms with van der Waals surface area (Å²) in [6.07, 6.45) is 3.49. The smallest absolute Gasteiger partial charge is 0.269 e. The van der Waals surface area contributed by atoms with E-state index in [0.717, 1.165) is 58.0 Å². The van der Waals surface area contributed by atoms with Gasteiger partial charge >= 0.3 is 0 Å². The molecular weight excluding hydrogens is 589 g/mol. The second-order valence-electron chi connectivity index (χ2n) is 11.0. The van der Waals surface area contributed by atoms with E-state index < -0.39 is 0 Å². The van der Waals surface area contributed by atoms with Crippen LogP contribution in [-0.2, 0) is 11.3 Å². The molecule has 226 valence electrons. The first-order valence-electron chi connectivity index (χ1n) is 15.1. The standard InChI is InChI=1S/C34H36N6O2S2/c1-3-37-27-11-9-25(21-35)19-28(27)38-34-40(22-24-7-5-4-6-8-24)32(41)31(44-34)33-39(2)29-20-26(10-12-30(29)43-33)42-18-15-23-13-16-36-17-14-23/h4-12,19-20,23,36-37H,3,13-18,22H2,1-2H3. The summed E-state index contributed by atoms with van der Waals surface area (Å²) in [6.45, 7) is 6.02. The highest BCUT2D eigenvalue weighted by Gasteiger charge is 2.39. The van der Waals surface area contributed by atoms with Crippen molar-refractivity contribution in [3.05, 3.63) is 87.8 Å². The minimum absolute atomic E-state index is 0.0837. The molecule has 3 heterocycles. The zero-order chi connectivity index (χ0) is 30.5. The minimum Gasteiger partial charge on any atom is -0.494 e. The lowest BCUT2D eigenvalue weighted by Gasteiger charge is -2.22. The number of fused-ring (bicyclic) bond motifs is 1. The first-order valence-corrected chi connectivity index (χ1v) is 16.7. The number of hydrogen-bond donors (Lipinski definition) is 2. The number of aliphatic imine (C=N–C) groups is 1. The van der Waals surface area contributed by atoms with Crippen LogP contribution in [0.25, 0.3) is 0 Å². The van der Waals surface area contributed by atoms with Crippen molar-refractivity contribution in [3.8, 4) is 11.8 Å². The quantitative estimate of drug-likeness (QED) is 0.248. The summed E-state index contributed by atoms with van der Waals surface area (Å²) in [5.74, 6) is 1.49. The van der Waals surface area contributed by atoms with E-state index in [1.807, 2.05) is 56.4 Å². The van der Waals surface area contributed by atoms with Crippen molar-refractivity contribution in [2.24, 2.45) is 10.9 Å². The van der Waals surface area contributed by atoms with Crippen molar-refractivity contribution >= 4 is 51.7 Å². The molecular formula is C34H36N6O2S2. The lowest BCUT2D eigenvalue weighted by atomic mass is 9.95. The van der Waals surface area contributed by atoms with Crippen molar-refractivity contribution in [2.45, 2.75) is 37.6 Å². The number of hydrogen-bond acceptors (Lipinski definition) is 9. The van der Waals surface area contributed by atoms with Crippen LogP contribution in [0.5, 0.6) is 5.75 Å². The maximum atomic E-state index is 14.1. The van der Waals surface area contributed by atoms with Crippen LogP contribution >= 0.6 is 23.5 Å². The van der Waals surface area contributed by atoms with Gasteiger partial charge in [-0.25, -0.2) is 4.99 Å². The van der Waals surface area contributed by atoms with Gasteiger partial charge in [0.05, 0.1) is 46.9 Å². The van der Waals surface area contributed by atoms with Crippen LogP contribution in [0.4, 0.5) is 17.1 Å². The molecule has 10 heteroatoms. The molecule has 2 saturated heterocycles. The molecule has 0 radical (unpaired) electrons. The Labute approximate surface area is 267 Å². The molecule has 0 bridgehead atoms. The number of rotatable bonds is 9. The highest BCUT2D eigenvalue weighted by atomic mass is 32.2. The summed E-state index contributed by atoms with van der Waals surface area (Å²) in [5.41, 5.74) is 4.01. The number of carbonyl (C=O) groups excluding carboxylic acids is 1. The molecule has 0 aromatic heterocycles. The molecule has 2 N–H and O–H groups in total. The molecule has 2 fully saturated rings. The van der Waals surface area contributed by atoms with E-state index in [-0.39, 0.29) is 5.91 Å². The van der Waals surface area contributed by atoms with Gasteiger partial charge in [0.1, 0.15) is 10.7 Å². The molecule has 3 aliphatic heterocycles. The Morgan fingerprint density at radius 3 is 2.68 bits per heavy atom. The number of carbonyl (C=O) groups is 1. The van der Waals surface area contributed by atoms with Crippen LogP contribution in [0.15, 0.2) is 86.6 Å². The third-order valence-corrected chi connectivity index (χ3v) is 10.4. The van der Waals surface area contributed by atoms with Gasteiger partial charge in [-0.1, -0.05) is 42.1 Å². The molecule has 3 aromatic rings. The second kappa shape index (κ2) is 13.8. The van der Waals surface area contributed by atoms with Crippen LogP contribution < -0.4 is 20.3 Å². The summed E-state index contributed by atoms with van der Waals surface area (Å²) in [5, 5.41) is 17.8. The van der Waals surface area contributed by atoms with Crippen LogP contribution in [0.3, 0.4) is 0 Å². The lowest BCUT2D eigenvalue weighted by molar-refractivity contribution is -0.122. The highest BCUT2D eigenvalue weighted by molar-refractivity contribution is 8.19. The van der Waals surface area contributed by atoms with E-state index in [2.05, 4.69) is 33.7 Å². The normalized spacial score (nSPS) is 19.4. The molecule has 8 nitrogen and oxygen atoms in total. The predicted molar refractivity (Wildman–Crippen MR) is 180 cm³/mol. The lowest BCUT2D eigenvalue weighted by Crippen LogP contribution is -2.29. The zero-order valence-electron chi connectivity index (χ0n) is 25.0. The summed E-state index contributed by atoms with van der Waals surface area (Å²) >= 11 is 2.98. The van der Waals surface area contributed by atoms with Gasteiger partial charge in [0.15, 0.2) is 5.17 Å². The number of amides is 1. The number of thioether (sulfide) groups is 2. The summed E-state index contributed by atoms with van der Waals surface area (Å²) < 4.78 is 6.18. The van der Waals surface area contributed by atoms with E-state index in [9.17, 15) is 10.1 Å². The summed E-state index contributed by atoms with van der Waals surface area (Å²) in [6, 6.07) is 23.7. The average Bonchev–Trinajstić information content (AvgIpc) is 3.54. The van der Waals surface area contributed by atoms with Crippen LogP contribution in [0.1, 0.15) is 37.3 Å². The number of amidine groups is 1. The number of anilines is 2. The molecule has 0 atom stereocenters. The molecule has 6 rings (SSSR count). The largest absolute Gasteiger partial charge is 0.494 e. The van der Waals surface area contributed by atoms with Crippen molar-refractivity contribution < 1.29 is 9.53 Å². The van der Waals surface area contributed by atoms with Gasteiger partial charge in [0.25, 0.3) is 5.91 Å². The number of piperidine rings is 1. The van der Waals surface area contributed by atoms with Gasteiger partial charge in [0.2, 0.25) is 0 Å². The fourth-order valence-corrected chi connectivity index (χ4v) is 7.91. The van der Waals surface area contributed by atoms with E-state index in [1.54, 1.807) is 28.8 Å². The zero-order valence-corrected chi connectivity index (χ0v) is 26.6. The van der Waals surface area contributed by atoms with Crippen molar-refractivity contribution in [1.82, 2.24) is 10.2 Å². The fraction of sp³-hybridized carbons (Fsp3) is 0.324. The molecule has 0 aliphatic carbocycles. The maximum absolute atomic E-state index is 14.1. The number of nitrogens with one attached hydrogen (secondary N) is 2. The fourth-order valence-electron chi connectivity index (χ4n) is 5.59. The Balaban J connectivity index is 1.28. The topological polar surface area (TPSA) is 93.0 Å². The van der Waals surface area contributed by atoms with Crippen molar-refractivity contribution in [1.29, 1.82) is 5.26 Å². The summed E-state index contributed by atoms with van der Waals surface area (Å²) in [4.78, 5) is 24.6. The first kappa shape index (κ1) is 30.1. The van der Waals surface area contributed by atoms with Gasteiger partial charge in [-0.2, -0.15) is 5.26 Å². The van der Waals surface area contributed by atoms with E-state index in [4.69, 9.17) is 9.73 Å². The minimum atomic E-state index is -0.0837. The van der Waals surface area contributed by atoms with Crippen LogP contribution in [0, 0.1) is 17.2 Å². The van der Waals surface area contributed by atoms with Crippen LogP contribution in [0.2, 0.25) is 0 Å². The summed E-state index contributed by atoms with van der Waals surface area (Å²) in [7, 11) is 2.00. The average molecular weight is 625 g/mol. The Bertz CT molecular complexity index is 1630. The Kier molecular flexibility index (Phi) is 9.45. The molecule has 3 aliphatic rings. The number of ether oxygens (including phenoxy) is 1. The third-order valence-electron chi connectivity index (χ3n) is 8.01. The predicted octanol–water partition coefficient (Wildman–Crippen LogP) is 6.93. The number of nitrogens with zero attached hydrogens (tertiary/aromatic N) is 4. The second-order valence-corrected chi connectivity index (χ2v) is 13.0. The third kappa shape index (κ3) is 6.60. The first-order chi connectivity index (χ1) is 21.5. The van der Waals surface area contributed by atoms with E-state index in [1.165, 1.54) is 24.6 Å². The van der Waals surface area contributed by atoms with E-state index >= 15 is 0 Å². The van der Waals surface area contributed by atoms with Crippen molar-refractivity contribution in [3.63, 3.8) is 0 Å². The van der Waals surface area contributed by atoms with Gasteiger partial charge in [-0.05, 0) is 92.9 Å². The monoisotopic (exact) mass is 624 g/mol. The number of nitriles is 1. The Morgan fingerprint density at radius 1 is 1.09 bits per heavy atom. The molecule has 44 heavy (non-hydrogen) atoms. The molecule has 0 unspecified atom stereocenters. The van der Waals surface area contributed by atoms with Crippen molar-refractivity contribution in [2.75, 3.05) is 43.5 Å². The van der Waals surface area contributed by atoms with Gasteiger partial charge in [-0.3, -0.25) is 9.69 Å². The maximum Gasteiger partial charge on any atom is 0.269 e. The van der Waals surface area contributed by atoms with E-state index in [0.29, 0.717) is 41.0 Å². The molecule has 0 saturated carbocycles. The van der Waals surface area contributed by atoms with Crippen LogP contribution in [-0.4, -0.2) is 49.3 Å². The molecule has 0 spiro atoms.